The van der Waals surface area contributed by atoms with Crippen molar-refractivity contribution in [2.45, 2.75) is 32.8 Å². The highest BCUT2D eigenvalue weighted by atomic mass is 16.6. The molecule has 0 unspecified atom stereocenters. The molecular formula is C18H19NO4. The number of hydrogen-bond donors (Lipinski definition) is 0. The van der Waals surface area contributed by atoms with Crippen LogP contribution in [0, 0.1) is 10.1 Å². The minimum absolute atomic E-state index is 0.0381. The van der Waals surface area contributed by atoms with Gasteiger partial charge in [0, 0.05) is 6.07 Å². The lowest BCUT2D eigenvalue weighted by atomic mass is 9.87. The van der Waals surface area contributed by atoms with E-state index in [0.29, 0.717) is 0 Å². The zero-order chi connectivity index (χ0) is 17.0. The van der Waals surface area contributed by atoms with E-state index in [9.17, 15) is 14.9 Å². The molecule has 5 nitrogen and oxygen atoms in total. The highest BCUT2D eigenvalue weighted by molar-refractivity contribution is 5.93. The Hall–Kier alpha value is -2.69. The van der Waals surface area contributed by atoms with Crippen molar-refractivity contribution in [3.05, 3.63) is 75.3 Å². The number of nitro groups is 1. The molecule has 0 spiro atoms. The first-order valence-electron chi connectivity index (χ1n) is 7.29. The molecule has 0 radical (unpaired) electrons. The number of rotatable bonds is 4. The Morgan fingerprint density at radius 2 is 1.70 bits per heavy atom. The third-order valence-corrected chi connectivity index (χ3v) is 3.51. The van der Waals surface area contributed by atoms with Crippen LogP contribution in [0.1, 0.15) is 42.3 Å². The van der Waals surface area contributed by atoms with E-state index in [-0.39, 0.29) is 23.3 Å². The number of esters is 1. The molecule has 5 heteroatoms. The summed E-state index contributed by atoms with van der Waals surface area (Å²) in [5.41, 5.74) is 1.79. The second kappa shape index (κ2) is 6.60. The maximum Gasteiger partial charge on any atom is 0.345 e. The van der Waals surface area contributed by atoms with E-state index in [4.69, 9.17) is 4.74 Å². The van der Waals surface area contributed by atoms with Crippen LogP contribution in [0.25, 0.3) is 0 Å². The smallest absolute Gasteiger partial charge is 0.345 e. The third kappa shape index (κ3) is 4.16. The Balaban J connectivity index is 2.07. The minimum Gasteiger partial charge on any atom is -0.457 e. The molecule has 0 aliphatic heterocycles. The predicted molar refractivity (Wildman–Crippen MR) is 87.4 cm³/mol. The Labute approximate surface area is 135 Å². The van der Waals surface area contributed by atoms with Gasteiger partial charge in [-0.1, -0.05) is 57.2 Å². The van der Waals surface area contributed by atoms with Crippen LogP contribution in [-0.2, 0) is 16.8 Å². The van der Waals surface area contributed by atoms with Crippen LogP contribution in [0.15, 0.2) is 48.5 Å². The fourth-order valence-electron chi connectivity index (χ4n) is 2.13. The van der Waals surface area contributed by atoms with E-state index in [0.717, 1.165) is 5.56 Å². The van der Waals surface area contributed by atoms with Gasteiger partial charge in [0.05, 0.1) is 4.92 Å². The summed E-state index contributed by atoms with van der Waals surface area (Å²) in [6, 6.07) is 13.5. The first kappa shape index (κ1) is 16.7. The third-order valence-electron chi connectivity index (χ3n) is 3.51. The molecule has 0 atom stereocenters. The predicted octanol–water partition coefficient (Wildman–Crippen LogP) is 4.25. The molecule has 0 aromatic heterocycles. The topological polar surface area (TPSA) is 69.4 Å². The SMILES string of the molecule is CC(C)(C)c1ccc(COC(=O)c2ccccc2[N+](=O)[O-])cc1. The zero-order valence-corrected chi connectivity index (χ0v) is 13.4. The Morgan fingerprint density at radius 1 is 1.09 bits per heavy atom. The quantitative estimate of drug-likeness (QED) is 0.480. The molecule has 0 saturated carbocycles. The molecule has 2 rings (SSSR count). The summed E-state index contributed by atoms with van der Waals surface area (Å²) in [4.78, 5) is 22.4. The lowest BCUT2D eigenvalue weighted by Crippen LogP contribution is -2.11. The number of nitro benzene ring substituents is 1. The van der Waals surface area contributed by atoms with Crippen molar-refractivity contribution in [2.24, 2.45) is 0 Å². The summed E-state index contributed by atoms with van der Waals surface area (Å²) >= 11 is 0. The van der Waals surface area contributed by atoms with Gasteiger partial charge >= 0.3 is 5.97 Å². The van der Waals surface area contributed by atoms with Gasteiger partial charge in [-0.2, -0.15) is 0 Å². The van der Waals surface area contributed by atoms with Crippen LogP contribution in [0.2, 0.25) is 0 Å². The Kier molecular flexibility index (Phi) is 4.79. The van der Waals surface area contributed by atoms with Crippen LogP contribution in [0.4, 0.5) is 5.69 Å². The van der Waals surface area contributed by atoms with Gasteiger partial charge in [0.15, 0.2) is 0 Å². The van der Waals surface area contributed by atoms with E-state index in [2.05, 4.69) is 20.8 Å². The van der Waals surface area contributed by atoms with Gasteiger partial charge in [-0.3, -0.25) is 10.1 Å². The van der Waals surface area contributed by atoms with Gasteiger partial charge in [-0.25, -0.2) is 4.79 Å². The molecule has 23 heavy (non-hydrogen) atoms. The fraction of sp³-hybridized carbons (Fsp3) is 0.278. The number of para-hydroxylation sites is 1. The standard InChI is InChI=1S/C18H19NO4/c1-18(2,3)14-10-8-13(9-11-14)12-23-17(20)15-6-4-5-7-16(15)19(21)22/h4-11H,12H2,1-3H3. The molecule has 2 aromatic rings. The van der Waals surface area contributed by atoms with E-state index >= 15 is 0 Å². The van der Waals surface area contributed by atoms with Gasteiger partial charge in [0.1, 0.15) is 12.2 Å². The van der Waals surface area contributed by atoms with Crippen molar-refractivity contribution < 1.29 is 14.5 Å². The van der Waals surface area contributed by atoms with Gasteiger partial charge in [-0.15, -0.1) is 0 Å². The Bertz CT molecular complexity index is 715. The van der Waals surface area contributed by atoms with Gasteiger partial charge in [-0.05, 0) is 22.6 Å². The van der Waals surface area contributed by atoms with Crippen LogP contribution in [0.5, 0.6) is 0 Å². The molecule has 0 N–H and O–H groups in total. The van der Waals surface area contributed by atoms with Crippen molar-refractivity contribution in [1.82, 2.24) is 0 Å². The summed E-state index contributed by atoms with van der Waals surface area (Å²) in [7, 11) is 0. The van der Waals surface area contributed by atoms with Crippen LogP contribution < -0.4 is 0 Å². The molecule has 0 heterocycles. The maximum atomic E-state index is 12.0. The fourth-order valence-corrected chi connectivity index (χ4v) is 2.13. The summed E-state index contributed by atoms with van der Waals surface area (Å²) in [5.74, 6) is -0.697. The van der Waals surface area contributed by atoms with Crippen molar-refractivity contribution in [3.63, 3.8) is 0 Å². The highest BCUT2D eigenvalue weighted by Gasteiger charge is 2.20. The van der Waals surface area contributed by atoms with Crippen LogP contribution in [0.3, 0.4) is 0 Å². The average molecular weight is 313 g/mol. The number of ether oxygens (including phenoxy) is 1. The summed E-state index contributed by atoms with van der Waals surface area (Å²) in [6.45, 7) is 6.44. The van der Waals surface area contributed by atoms with E-state index in [1.165, 1.54) is 23.8 Å². The first-order valence-corrected chi connectivity index (χ1v) is 7.29. The van der Waals surface area contributed by atoms with Gasteiger partial charge < -0.3 is 4.74 Å². The Morgan fingerprint density at radius 3 is 2.26 bits per heavy atom. The highest BCUT2D eigenvalue weighted by Crippen LogP contribution is 2.23. The lowest BCUT2D eigenvalue weighted by Gasteiger charge is -2.19. The number of carbonyl (C=O) groups is 1. The first-order chi connectivity index (χ1) is 10.8. The zero-order valence-electron chi connectivity index (χ0n) is 13.4. The van der Waals surface area contributed by atoms with E-state index in [1.807, 2.05) is 24.3 Å². The molecule has 120 valence electrons. The average Bonchev–Trinajstić information content (AvgIpc) is 2.52. The van der Waals surface area contributed by atoms with Gasteiger partial charge in [0.25, 0.3) is 5.69 Å². The number of nitrogens with zero attached hydrogens (tertiary/aromatic N) is 1. The molecule has 0 aliphatic rings. The second-order valence-corrected chi connectivity index (χ2v) is 6.30. The van der Waals surface area contributed by atoms with Gasteiger partial charge in [0.2, 0.25) is 0 Å². The van der Waals surface area contributed by atoms with Crippen molar-refractivity contribution in [1.29, 1.82) is 0 Å². The molecule has 0 saturated heterocycles. The van der Waals surface area contributed by atoms with Crippen molar-refractivity contribution >= 4 is 11.7 Å². The molecule has 0 bridgehead atoms. The van der Waals surface area contributed by atoms with Crippen LogP contribution in [-0.4, -0.2) is 10.9 Å². The normalized spacial score (nSPS) is 11.1. The summed E-state index contributed by atoms with van der Waals surface area (Å²) < 4.78 is 5.19. The van der Waals surface area contributed by atoms with Crippen molar-refractivity contribution in [3.8, 4) is 0 Å². The van der Waals surface area contributed by atoms with E-state index in [1.54, 1.807) is 6.07 Å². The number of benzene rings is 2. The van der Waals surface area contributed by atoms with Crippen molar-refractivity contribution in [2.75, 3.05) is 0 Å². The molecule has 2 aromatic carbocycles. The molecular weight excluding hydrogens is 294 g/mol. The molecule has 0 fully saturated rings. The maximum absolute atomic E-state index is 12.0. The van der Waals surface area contributed by atoms with E-state index < -0.39 is 10.9 Å². The minimum atomic E-state index is -0.697. The summed E-state index contributed by atoms with van der Waals surface area (Å²) in [6.07, 6.45) is 0. The number of carbonyl (C=O) groups excluding carboxylic acids is 1. The second-order valence-electron chi connectivity index (χ2n) is 6.30. The molecule has 0 aliphatic carbocycles. The monoisotopic (exact) mass is 313 g/mol. The summed E-state index contributed by atoms with van der Waals surface area (Å²) in [5, 5.41) is 10.9. The molecule has 0 amide bonds. The lowest BCUT2D eigenvalue weighted by molar-refractivity contribution is -0.385. The largest absolute Gasteiger partial charge is 0.457 e. The number of hydrogen-bond acceptors (Lipinski definition) is 4. The van der Waals surface area contributed by atoms with Crippen LogP contribution >= 0.6 is 0 Å².